The molecule has 0 saturated carbocycles. The highest BCUT2D eigenvalue weighted by Crippen LogP contribution is 2.23. The summed E-state index contributed by atoms with van der Waals surface area (Å²) in [6.07, 6.45) is 2.53. The second-order valence-electron chi connectivity index (χ2n) is 4.47. The Morgan fingerprint density at radius 2 is 2.44 bits per heavy atom. The van der Waals surface area contributed by atoms with E-state index in [0.717, 1.165) is 19.0 Å². The molecule has 2 N–H and O–H groups in total. The number of thiazole rings is 1. The SMILES string of the molecule is CC1CCN(Cc2cscn2)C(CN)C1.Cl. The molecule has 2 atom stereocenters. The molecule has 1 saturated heterocycles. The molecule has 0 amide bonds. The lowest BCUT2D eigenvalue weighted by atomic mass is 9.92. The number of halogens is 1. The van der Waals surface area contributed by atoms with E-state index in [1.54, 1.807) is 11.3 Å². The van der Waals surface area contributed by atoms with Crippen LogP contribution >= 0.6 is 23.7 Å². The van der Waals surface area contributed by atoms with Gasteiger partial charge in [-0.3, -0.25) is 4.90 Å². The van der Waals surface area contributed by atoms with Crippen LogP contribution in [0.5, 0.6) is 0 Å². The van der Waals surface area contributed by atoms with Gasteiger partial charge in [0.05, 0.1) is 11.2 Å². The van der Waals surface area contributed by atoms with E-state index in [2.05, 4.69) is 22.2 Å². The maximum Gasteiger partial charge on any atom is 0.0795 e. The Balaban J connectivity index is 0.00000128. The van der Waals surface area contributed by atoms with E-state index < -0.39 is 0 Å². The topological polar surface area (TPSA) is 42.2 Å². The van der Waals surface area contributed by atoms with Crippen LogP contribution in [0.25, 0.3) is 0 Å². The summed E-state index contributed by atoms with van der Waals surface area (Å²) in [5, 5.41) is 2.13. The zero-order valence-electron chi connectivity index (χ0n) is 9.63. The van der Waals surface area contributed by atoms with Crippen molar-refractivity contribution in [3.05, 3.63) is 16.6 Å². The molecule has 2 rings (SSSR count). The van der Waals surface area contributed by atoms with Crippen molar-refractivity contribution in [1.82, 2.24) is 9.88 Å². The summed E-state index contributed by atoms with van der Waals surface area (Å²) >= 11 is 1.67. The van der Waals surface area contributed by atoms with Crippen molar-refractivity contribution >= 4 is 23.7 Å². The van der Waals surface area contributed by atoms with Gasteiger partial charge in [0.1, 0.15) is 0 Å². The van der Waals surface area contributed by atoms with Crippen molar-refractivity contribution in [3.8, 4) is 0 Å². The summed E-state index contributed by atoms with van der Waals surface area (Å²) < 4.78 is 0. The van der Waals surface area contributed by atoms with Crippen LogP contribution in [0.2, 0.25) is 0 Å². The first-order valence-electron chi connectivity index (χ1n) is 5.60. The number of nitrogens with two attached hydrogens (primary N) is 1. The van der Waals surface area contributed by atoms with Crippen molar-refractivity contribution in [3.63, 3.8) is 0 Å². The van der Waals surface area contributed by atoms with Crippen LogP contribution in [-0.4, -0.2) is 29.0 Å². The molecule has 92 valence electrons. The summed E-state index contributed by atoms with van der Waals surface area (Å²) in [4.78, 5) is 6.82. The highest BCUT2D eigenvalue weighted by molar-refractivity contribution is 7.07. The van der Waals surface area contributed by atoms with Gasteiger partial charge in [-0.2, -0.15) is 0 Å². The second-order valence-corrected chi connectivity index (χ2v) is 5.19. The third kappa shape index (κ3) is 3.42. The lowest BCUT2D eigenvalue weighted by molar-refractivity contribution is 0.114. The maximum absolute atomic E-state index is 5.83. The fourth-order valence-electron chi connectivity index (χ4n) is 2.28. The molecular weight excluding hydrogens is 242 g/mol. The maximum atomic E-state index is 5.83. The molecule has 0 bridgehead atoms. The van der Waals surface area contributed by atoms with Crippen molar-refractivity contribution in [2.24, 2.45) is 11.7 Å². The molecule has 2 unspecified atom stereocenters. The minimum absolute atomic E-state index is 0. The van der Waals surface area contributed by atoms with E-state index in [1.807, 2.05) is 5.51 Å². The highest BCUT2D eigenvalue weighted by atomic mass is 35.5. The molecule has 1 aliphatic heterocycles. The third-order valence-corrected chi connectivity index (χ3v) is 3.86. The fraction of sp³-hybridized carbons (Fsp3) is 0.727. The third-order valence-electron chi connectivity index (χ3n) is 3.22. The molecule has 1 aromatic rings. The van der Waals surface area contributed by atoms with E-state index >= 15 is 0 Å². The normalized spacial score (nSPS) is 26.4. The molecule has 2 heterocycles. The summed E-state index contributed by atoms with van der Waals surface area (Å²) in [7, 11) is 0. The van der Waals surface area contributed by atoms with Gasteiger partial charge in [0.15, 0.2) is 0 Å². The molecule has 1 aromatic heterocycles. The van der Waals surface area contributed by atoms with Gasteiger partial charge < -0.3 is 5.73 Å². The lowest BCUT2D eigenvalue weighted by Gasteiger charge is -2.37. The molecule has 0 aliphatic carbocycles. The largest absolute Gasteiger partial charge is 0.329 e. The van der Waals surface area contributed by atoms with Crippen LogP contribution in [0.15, 0.2) is 10.9 Å². The van der Waals surface area contributed by atoms with E-state index in [4.69, 9.17) is 5.73 Å². The predicted molar refractivity (Wildman–Crippen MR) is 71.0 cm³/mol. The van der Waals surface area contributed by atoms with Crippen LogP contribution in [0, 0.1) is 5.92 Å². The van der Waals surface area contributed by atoms with Gasteiger partial charge in [0.25, 0.3) is 0 Å². The Bertz CT molecular complexity index is 291. The van der Waals surface area contributed by atoms with Crippen LogP contribution < -0.4 is 5.73 Å². The van der Waals surface area contributed by atoms with Crippen molar-refractivity contribution in [2.45, 2.75) is 32.4 Å². The Labute approximate surface area is 107 Å². The summed E-state index contributed by atoms with van der Waals surface area (Å²) in [6.45, 7) is 5.23. The van der Waals surface area contributed by atoms with Gasteiger partial charge in [-0.25, -0.2) is 4.98 Å². The number of hydrogen-bond acceptors (Lipinski definition) is 4. The summed E-state index contributed by atoms with van der Waals surface area (Å²) in [6, 6.07) is 0.551. The first-order valence-corrected chi connectivity index (χ1v) is 6.55. The van der Waals surface area contributed by atoms with Gasteiger partial charge >= 0.3 is 0 Å². The number of piperidine rings is 1. The number of rotatable bonds is 3. The molecule has 0 aromatic carbocycles. The molecule has 16 heavy (non-hydrogen) atoms. The average Bonchev–Trinajstić information content (AvgIpc) is 2.73. The monoisotopic (exact) mass is 261 g/mol. The molecule has 1 aliphatic rings. The van der Waals surface area contributed by atoms with Gasteiger partial charge in [0, 0.05) is 24.5 Å². The zero-order chi connectivity index (χ0) is 10.7. The quantitative estimate of drug-likeness (QED) is 0.906. The first-order chi connectivity index (χ1) is 7.29. The molecule has 0 spiro atoms. The van der Waals surface area contributed by atoms with Crippen molar-refractivity contribution in [2.75, 3.05) is 13.1 Å². The fourth-order valence-corrected chi connectivity index (χ4v) is 2.83. The van der Waals surface area contributed by atoms with Gasteiger partial charge in [-0.15, -0.1) is 23.7 Å². The minimum Gasteiger partial charge on any atom is -0.329 e. The van der Waals surface area contributed by atoms with E-state index in [9.17, 15) is 0 Å². The molecule has 5 heteroatoms. The summed E-state index contributed by atoms with van der Waals surface area (Å²) in [5.74, 6) is 0.824. The Hall–Kier alpha value is -0.160. The minimum atomic E-state index is 0. The molecule has 1 fully saturated rings. The number of nitrogens with zero attached hydrogens (tertiary/aromatic N) is 2. The predicted octanol–water partition coefficient (Wildman–Crippen LogP) is 2.12. The highest BCUT2D eigenvalue weighted by Gasteiger charge is 2.25. The van der Waals surface area contributed by atoms with E-state index in [1.165, 1.54) is 25.1 Å². The number of aromatic nitrogens is 1. The summed E-state index contributed by atoms with van der Waals surface area (Å²) in [5.41, 5.74) is 8.92. The van der Waals surface area contributed by atoms with Gasteiger partial charge in [-0.1, -0.05) is 6.92 Å². The van der Waals surface area contributed by atoms with Crippen LogP contribution in [0.3, 0.4) is 0 Å². The number of likely N-dealkylation sites (tertiary alicyclic amines) is 1. The first kappa shape index (κ1) is 13.9. The standard InChI is InChI=1S/C11H19N3S.ClH/c1-9-2-3-14(11(4-9)5-12)6-10-7-15-8-13-10;/h7-9,11H,2-6,12H2,1H3;1H. The average molecular weight is 262 g/mol. The lowest BCUT2D eigenvalue weighted by Crippen LogP contribution is -2.45. The van der Waals surface area contributed by atoms with E-state index in [0.29, 0.717) is 6.04 Å². The Morgan fingerprint density at radius 3 is 3.06 bits per heavy atom. The van der Waals surface area contributed by atoms with E-state index in [-0.39, 0.29) is 12.4 Å². The van der Waals surface area contributed by atoms with Crippen molar-refractivity contribution in [1.29, 1.82) is 0 Å². The zero-order valence-corrected chi connectivity index (χ0v) is 11.3. The molecule has 0 radical (unpaired) electrons. The molecular formula is C11H20ClN3S. The number of hydrogen-bond donors (Lipinski definition) is 1. The van der Waals surface area contributed by atoms with Crippen molar-refractivity contribution < 1.29 is 0 Å². The molecule has 3 nitrogen and oxygen atoms in total. The second kappa shape index (κ2) is 6.55. The van der Waals surface area contributed by atoms with Crippen LogP contribution in [0.4, 0.5) is 0 Å². The van der Waals surface area contributed by atoms with Gasteiger partial charge in [0.2, 0.25) is 0 Å². The Morgan fingerprint density at radius 1 is 1.62 bits per heavy atom. The van der Waals surface area contributed by atoms with Crippen LogP contribution in [-0.2, 0) is 6.54 Å². The van der Waals surface area contributed by atoms with Crippen LogP contribution in [0.1, 0.15) is 25.5 Å². The smallest absolute Gasteiger partial charge is 0.0795 e. The van der Waals surface area contributed by atoms with Gasteiger partial charge in [-0.05, 0) is 25.3 Å². The Kier molecular flexibility index (Phi) is 5.69.